The third kappa shape index (κ3) is 4.13. The molecule has 5 heteroatoms. The maximum Gasteiger partial charge on any atom is 0.340 e. The predicted molar refractivity (Wildman–Crippen MR) is 76.4 cm³/mol. The Kier molecular flexibility index (Phi) is 6.15. The fourth-order valence-electron chi connectivity index (χ4n) is 1.93. The summed E-state index contributed by atoms with van der Waals surface area (Å²) < 4.78 is 4.70. The van der Waals surface area contributed by atoms with Gasteiger partial charge in [0.1, 0.15) is 0 Å². The number of aliphatic hydroxyl groups excluding tert-OH is 1. The standard InChI is InChI=1S/C14H22N2O3/c1-16(9-4-3-5-10-17)12-8-6-7-11(13(12)15)14(18)19-2/h6-8,17H,3-5,9-10,15H2,1-2H3. The molecule has 3 N–H and O–H groups in total. The Morgan fingerprint density at radius 2 is 2.11 bits per heavy atom. The van der Waals surface area contributed by atoms with Crippen molar-refractivity contribution in [2.75, 3.05) is 37.9 Å². The zero-order valence-corrected chi connectivity index (χ0v) is 11.6. The molecule has 0 aromatic heterocycles. The molecule has 0 aliphatic carbocycles. The lowest BCUT2D eigenvalue weighted by Crippen LogP contribution is -2.21. The molecule has 0 bridgehead atoms. The average molecular weight is 266 g/mol. The van der Waals surface area contributed by atoms with Gasteiger partial charge < -0.3 is 20.5 Å². The van der Waals surface area contributed by atoms with Crippen molar-refractivity contribution < 1.29 is 14.6 Å². The van der Waals surface area contributed by atoms with Gasteiger partial charge in [0.15, 0.2) is 0 Å². The summed E-state index contributed by atoms with van der Waals surface area (Å²) in [6.07, 6.45) is 2.75. The number of hydrogen-bond acceptors (Lipinski definition) is 5. The number of nitrogens with two attached hydrogens (primary N) is 1. The van der Waals surface area contributed by atoms with Crippen LogP contribution in [0.25, 0.3) is 0 Å². The van der Waals surface area contributed by atoms with Crippen LogP contribution in [0.3, 0.4) is 0 Å². The number of carbonyl (C=O) groups excluding carboxylic acids is 1. The molecule has 0 spiro atoms. The lowest BCUT2D eigenvalue weighted by molar-refractivity contribution is 0.0602. The molecule has 1 aromatic carbocycles. The van der Waals surface area contributed by atoms with E-state index in [-0.39, 0.29) is 6.61 Å². The topological polar surface area (TPSA) is 75.8 Å². The molecule has 0 fully saturated rings. The van der Waals surface area contributed by atoms with Crippen molar-refractivity contribution >= 4 is 17.3 Å². The number of carbonyl (C=O) groups is 1. The van der Waals surface area contributed by atoms with E-state index >= 15 is 0 Å². The van der Waals surface area contributed by atoms with Crippen LogP contribution in [0.1, 0.15) is 29.6 Å². The van der Waals surface area contributed by atoms with E-state index in [1.54, 1.807) is 12.1 Å². The molecule has 0 unspecified atom stereocenters. The summed E-state index contributed by atoms with van der Waals surface area (Å²) >= 11 is 0. The van der Waals surface area contributed by atoms with Crippen LogP contribution in [0.4, 0.5) is 11.4 Å². The number of hydrogen-bond donors (Lipinski definition) is 2. The van der Waals surface area contributed by atoms with Gasteiger partial charge in [-0.2, -0.15) is 0 Å². The molecule has 19 heavy (non-hydrogen) atoms. The van der Waals surface area contributed by atoms with Crippen LogP contribution in [0, 0.1) is 0 Å². The Bertz CT molecular complexity index is 421. The van der Waals surface area contributed by atoms with Crippen molar-refractivity contribution in [2.24, 2.45) is 0 Å². The van der Waals surface area contributed by atoms with Gasteiger partial charge in [-0.15, -0.1) is 0 Å². The van der Waals surface area contributed by atoms with Crippen LogP contribution in [0.2, 0.25) is 0 Å². The first-order chi connectivity index (χ1) is 9.11. The lowest BCUT2D eigenvalue weighted by Gasteiger charge is -2.22. The molecule has 0 aliphatic heterocycles. The van der Waals surface area contributed by atoms with Gasteiger partial charge in [0, 0.05) is 20.2 Å². The maximum atomic E-state index is 11.6. The quantitative estimate of drug-likeness (QED) is 0.446. The summed E-state index contributed by atoms with van der Waals surface area (Å²) in [6.45, 7) is 1.05. The van der Waals surface area contributed by atoms with E-state index in [4.69, 9.17) is 15.6 Å². The number of methoxy groups -OCH3 is 1. The number of unbranched alkanes of at least 4 members (excludes halogenated alkanes) is 2. The number of nitrogen functional groups attached to an aromatic ring is 1. The highest BCUT2D eigenvalue weighted by molar-refractivity contribution is 5.98. The van der Waals surface area contributed by atoms with Crippen molar-refractivity contribution in [1.82, 2.24) is 0 Å². The van der Waals surface area contributed by atoms with Crippen LogP contribution in [-0.4, -0.2) is 38.4 Å². The van der Waals surface area contributed by atoms with Gasteiger partial charge >= 0.3 is 5.97 Å². The molecule has 0 aliphatic rings. The molecule has 106 valence electrons. The second-order valence-corrected chi connectivity index (χ2v) is 4.44. The Hall–Kier alpha value is -1.75. The number of aliphatic hydroxyl groups is 1. The Balaban J connectivity index is 2.74. The molecule has 1 rings (SSSR count). The van der Waals surface area contributed by atoms with Gasteiger partial charge in [-0.25, -0.2) is 4.79 Å². The van der Waals surface area contributed by atoms with E-state index in [1.807, 2.05) is 18.0 Å². The van der Waals surface area contributed by atoms with Crippen LogP contribution >= 0.6 is 0 Å². The number of esters is 1. The minimum absolute atomic E-state index is 0.226. The third-order valence-electron chi connectivity index (χ3n) is 3.05. The Morgan fingerprint density at radius 1 is 1.37 bits per heavy atom. The van der Waals surface area contributed by atoms with E-state index in [0.717, 1.165) is 31.5 Å². The molecule has 0 amide bonds. The summed E-state index contributed by atoms with van der Waals surface area (Å²) in [5, 5.41) is 8.73. The zero-order valence-electron chi connectivity index (χ0n) is 11.6. The van der Waals surface area contributed by atoms with Crippen molar-refractivity contribution in [1.29, 1.82) is 0 Å². The van der Waals surface area contributed by atoms with Gasteiger partial charge in [0.05, 0.1) is 24.0 Å². The SMILES string of the molecule is COC(=O)c1cccc(N(C)CCCCCO)c1N. The number of rotatable bonds is 7. The molecule has 5 nitrogen and oxygen atoms in total. The van der Waals surface area contributed by atoms with E-state index in [2.05, 4.69) is 0 Å². The van der Waals surface area contributed by atoms with E-state index in [0.29, 0.717) is 11.3 Å². The fraction of sp³-hybridized carbons (Fsp3) is 0.500. The van der Waals surface area contributed by atoms with Crippen LogP contribution in [0.5, 0.6) is 0 Å². The Labute approximate surface area is 114 Å². The third-order valence-corrected chi connectivity index (χ3v) is 3.05. The van der Waals surface area contributed by atoms with Crippen LogP contribution in [-0.2, 0) is 4.74 Å². The minimum atomic E-state index is -0.423. The number of benzene rings is 1. The minimum Gasteiger partial charge on any atom is -0.465 e. The zero-order chi connectivity index (χ0) is 14.3. The summed E-state index contributed by atoms with van der Waals surface area (Å²) in [5.74, 6) is -0.423. The second-order valence-electron chi connectivity index (χ2n) is 4.44. The fourth-order valence-corrected chi connectivity index (χ4v) is 1.93. The molecule has 0 saturated heterocycles. The van der Waals surface area contributed by atoms with Gasteiger partial charge in [-0.05, 0) is 31.4 Å². The highest BCUT2D eigenvalue weighted by Gasteiger charge is 2.14. The Morgan fingerprint density at radius 3 is 2.74 bits per heavy atom. The van der Waals surface area contributed by atoms with Gasteiger partial charge in [-0.3, -0.25) is 0 Å². The van der Waals surface area contributed by atoms with Crippen molar-refractivity contribution in [3.05, 3.63) is 23.8 Å². The number of ether oxygens (including phenoxy) is 1. The van der Waals surface area contributed by atoms with Crippen LogP contribution < -0.4 is 10.6 Å². The monoisotopic (exact) mass is 266 g/mol. The van der Waals surface area contributed by atoms with Crippen molar-refractivity contribution in [2.45, 2.75) is 19.3 Å². The van der Waals surface area contributed by atoms with Crippen LogP contribution in [0.15, 0.2) is 18.2 Å². The summed E-state index contributed by atoms with van der Waals surface area (Å²) in [6, 6.07) is 5.33. The molecule has 0 radical (unpaired) electrons. The normalized spacial score (nSPS) is 10.3. The van der Waals surface area contributed by atoms with E-state index < -0.39 is 5.97 Å². The molecular formula is C14H22N2O3. The first-order valence-corrected chi connectivity index (χ1v) is 6.40. The predicted octanol–water partition coefficient (Wildman–Crippen LogP) is 1.65. The largest absolute Gasteiger partial charge is 0.465 e. The van der Waals surface area contributed by atoms with Crippen molar-refractivity contribution in [3.63, 3.8) is 0 Å². The number of anilines is 2. The molecule has 0 saturated carbocycles. The maximum absolute atomic E-state index is 11.6. The summed E-state index contributed by atoms with van der Waals surface area (Å²) in [7, 11) is 3.28. The number of nitrogens with zero attached hydrogens (tertiary/aromatic N) is 1. The van der Waals surface area contributed by atoms with Gasteiger partial charge in [-0.1, -0.05) is 6.07 Å². The second kappa shape index (κ2) is 7.63. The van der Waals surface area contributed by atoms with Crippen molar-refractivity contribution in [3.8, 4) is 0 Å². The highest BCUT2D eigenvalue weighted by atomic mass is 16.5. The first-order valence-electron chi connectivity index (χ1n) is 6.40. The molecular weight excluding hydrogens is 244 g/mol. The molecule has 1 aromatic rings. The smallest absolute Gasteiger partial charge is 0.340 e. The molecule has 0 heterocycles. The average Bonchev–Trinajstić information content (AvgIpc) is 2.42. The van der Waals surface area contributed by atoms with E-state index in [9.17, 15) is 4.79 Å². The lowest BCUT2D eigenvalue weighted by atomic mass is 10.1. The van der Waals surface area contributed by atoms with E-state index in [1.165, 1.54) is 7.11 Å². The first kappa shape index (κ1) is 15.3. The summed E-state index contributed by atoms with van der Waals surface area (Å²) in [4.78, 5) is 13.6. The van der Waals surface area contributed by atoms with Gasteiger partial charge in [0.25, 0.3) is 0 Å². The molecule has 0 atom stereocenters. The van der Waals surface area contributed by atoms with Gasteiger partial charge in [0.2, 0.25) is 0 Å². The summed E-state index contributed by atoms with van der Waals surface area (Å²) in [5.41, 5.74) is 7.67. The highest BCUT2D eigenvalue weighted by Crippen LogP contribution is 2.26. The number of para-hydroxylation sites is 1.